The SMILES string of the molecule is NC(=O)Nc1ccc(C(=O)N2C[C@@H](O)C[C@H]2C(=O)O)cc1. The van der Waals surface area contributed by atoms with Crippen LogP contribution in [0.25, 0.3) is 0 Å². The highest BCUT2D eigenvalue weighted by atomic mass is 16.4. The summed E-state index contributed by atoms with van der Waals surface area (Å²) in [5.74, 6) is -1.63. The number of hydrogen-bond donors (Lipinski definition) is 4. The van der Waals surface area contributed by atoms with Gasteiger partial charge in [0.15, 0.2) is 0 Å². The van der Waals surface area contributed by atoms with Crippen LogP contribution in [0.4, 0.5) is 10.5 Å². The molecular formula is C13H15N3O5. The lowest BCUT2D eigenvalue weighted by atomic mass is 10.1. The van der Waals surface area contributed by atoms with Crippen molar-refractivity contribution in [3.8, 4) is 0 Å². The first-order valence-corrected chi connectivity index (χ1v) is 6.27. The van der Waals surface area contributed by atoms with Crippen LogP contribution in [0.15, 0.2) is 24.3 Å². The Morgan fingerprint density at radius 2 is 1.86 bits per heavy atom. The van der Waals surface area contributed by atoms with Crippen molar-refractivity contribution in [3.05, 3.63) is 29.8 Å². The molecule has 8 heteroatoms. The van der Waals surface area contributed by atoms with Crippen LogP contribution in [0.1, 0.15) is 16.8 Å². The third-order valence-corrected chi connectivity index (χ3v) is 3.22. The van der Waals surface area contributed by atoms with E-state index in [1.54, 1.807) is 0 Å². The summed E-state index contributed by atoms with van der Waals surface area (Å²) < 4.78 is 0. The molecule has 1 aromatic carbocycles. The zero-order valence-corrected chi connectivity index (χ0v) is 11.0. The molecule has 0 aromatic heterocycles. The maximum absolute atomic E-state index is 12.3. The van der Waals surface area contributed by atoms with E-state index in [-0.39, 0.29) is 18.5 Å². The van der Waals surface area contributed by atoms with Crippen LogP contribution in [0.3, 0.4) is 0 Å². The second-order valence-corrected chi connectivity index (χ2v) is 4.77. The lowest BCUT2D eigenvalue weighted by Gasteiger charge is -2.21. The molecule has 5 N–H and O–H groups in total. The molecule has 0 bridgehead atoms. The summed E-state index contributed by atoms with van der Waals surface area (Å²) in [4.78, 5) is 35.2. The number of rotatable bonds is 3. The minimum atomic E-state index is -1.15. The molecule has 1 aromatic rings. The van der Waals surface area contributed by atoms with Gasteiger partial charge in [-0.2, -0.15) is 0 Å². The van der Waals surface area contributed by atoms with Crippen molar-refractivity contribution in [3.63, 3.8) is 0 Å². The Balaban J connectivity index is 2.15. The summed E-state index contributed by atoms with van der Waals surface area (Å²) in [6.07, 6.45) is -0.826. The van der Waals surface area contributed by atoms with Gasteiger partial charge in [-0.25, -0.2) is 9.59 Å². The molecule has 2 atom stereocenters. The third kappa shape index (κ3) is 3.29. The molecule has 0 radical (unpaired) electrons. The molecule has 1 aliphatic rings. The van der Waals surface area contributed by atoms with E-state index in [1.807, 2.05) is 0 Å². The molecule has 112 valence electrons. The second kappa shape index (κ2) is 5.80. The fourth-order valence-electron chi connectivity index (χ4n) is 2.28. The van der Waals surface area contributed by atoms with Crippen LogP contribution in [0.2, 0.25) is 0 Å². The average Bonchev–Trinajstić information content (AvgIpc) is 2.80. The number of carbonyl (C=O) groups is 3. The number of amides is 3. The van der Waals surface area contributed by atoms with E-state index in [9.17, 15) is 19.5 Å². The van der Waals surface area contributed by atoms with Crippen LogP contribution < -0.4 is 11.1 Å². The summed E-state index contributed by atoms with van der Waals surface area (Å²) in [6, 6.07) is 4.13. The molecular weight excluding hydrogens is 278 g/mol. The quantitative estimate of drug-likeness (QED) is 0.614. The number of aliphatic hydroxyl groups is 1. The topological polar surface area (TPSA) is 133 Å². The van der Waals surface area contributed by atoms with Crippen LogP contribution in [-0.4, -0.2) is 51.7 Å². The molecule has 0 spiro atoms. The average molecular weight is 293 g/mol. The summed E-state index contributed by atoms with van der Waals surface area (Å²) >= 11 is 0. The highest BCUT2D eigenvalue weighted by Gasteiger charge is 2.39. The van der Waals surface area contributed by atoms with Gasteiger partial charge in [0.25, 0.3) is 5.91 Å². The van der Waals surface area contributed by atoms with Crippen molar-refractivity contribution in [2.24, 2.45) is 5.73 Å². The molecule has 3 amide bonds. The number of nitrogens with zero attached hydrogens (tertiary/aromatic N) is 1. The normalized spacial score (nSPS) is 21.1. The van der Waals surface area contributed by atoms with Gasteiger partial charge in [-0.15, -0.1) is 0 Å². The van der Waals surface area contributed by atoms with Gasteiger partial charge >= 0.3 is 12.0 Å². The number of urea groups is 1. The number of aliphatic carboxylic acids is 1. The number of likely N-dealkylation sites (tertiary alicyclic amines) is 1. The number of nitrogens with one attached hydrogen (secondary N) is 1. The van der Waals surface area contributed by atoms with Gasteiger partial charge in [-0.3, -0.25) is 4.79 Å². The van der Waals surface area contributed by atoms with Crippen LogP contribution in [0, 0.1) is 0 Å². The molecule has 0 saturated carbocycles. The minimum absolute atomic E-state index is 0.0163. The summed E-state index contributed by atoms with van der Waals surface area (Å²) in [5.41, 5.74) is 5.67. The smallest absolute Gasteiger partial charge is 0.326 e. The molecule has 0 aliphatic carbocycles. The number of hydrogen-bond acceptors (Lipinski definition) is 4. The number of aliphatic hydroxyl groups excluding tert-OH is 1. The fourth-order valence-corrected chi connectivity index (χ4v) is 2.28. The van der Waals surface area contributed by atoms with E-state index < -0.39 is 30.1 Å². The van der Waals surface area contributed by atoms with Crippen molar-refractivity contribution >= 4 is 23.6 Å². The van der Waals surface area contributed by atoms with E-state index in [4.69, 9.17) is 10.8 Å². The van der Waals surface area contributed by atoms with E-state index >= 15 is 0 Å². The van der Waals surface area contributed by atoms with Crippen LogP contribution in [-0.2, 0) is 4.79 Å². The minimum Gasteiger partial charge on any atom is -0.480 e. The van der Waals surface area contributed by atoms with Gasteiger partial charge in [-0.1, -0.05) is 0 Å². The van der Waals surface area contributed by atoms with E-state index in [0.29, 0.717) is 5.69 Å². The Morgan fingerprint density at radius 1 is 1.24 bits per heavy atom. The van der Waals surface area contributed by atoms with E-state index in [1.165, 1.54) is 24.3 Å². The van der Waals surface area contributed by atoms with Gasteiger partial charge in [0.1, 0.15) is 6.04 Å². The number of anilines is 1. The van der Waals surface area contributed by atoms with Gasteiger partial charge in [-0.05, 0) is 24.3 Å². The van der Waals surface area contributed by atoms with E-state index in [2.05, 4.69) is 5.32 Å². The maximum Gasteiger partial charge on any atom is 0.326 e. The summed E-state index contributed by atoms with van der Waals surface area (Å²) in [6.45, 7) is -0.0168. The van der Waals surface area contributed by atoms with Crippen LogP contribution in [0.5, 0.6) is 0 Å². The van der Waals surface area contributed by atoms with Crippen LogP contribution >= 0.6 is 0 Å². The zero-order chi connectivity index (χ0) is 15.6. The standard InChI is InChI=1S/C13H15N3O5/c14-13(21)15-8-3-1-7(2-4-8)11(18)16-6-9(17)5-10(16)12(19)20/h1-4,9-10,17H,5-6H2,(H,19,20)(H3,14,15,21)/t9-,10-/m0/s1. The summed E-state index contributed by atoms with van der Waals surface area (Å²) in [7, 11) is 0. The van der Waals surface area contributed by atoms with Gasteiger partial charge < -0.3 is 26.2 Å². The largest absolute Gasteiger partial charge is 0.480 e. The number of nitrogens with two attached hydrogens (primary N) is 1. The van der Waals surface area contributed by atoms with Gasteiger partial charge in [0, 0.05) is 24.2 Å². The van der Waals surface area contributed by atoms with Crippen molar-refractivity contribution in [1.82, 2.24) is 4.90 Å². The molecule has 21 heavy (non-hydrogen) atoms. The lowest BCUT2D eigenvalue weighted by molar-refractivity contribution is -0.141. The first-order chi connectivity index (χ1) is 9.88. The number of carboxylic acids is 1. The highest BCUT2D eigenvalue weighted by molar-refractivity contribution is 5.97. The number of carbonyl (C=O) groups excluding carboxylic acids is 2. The Hall–Kier alpha value is -2.61. The first-order valence-electron chi connectivity index (χ1n) is 6.27. The maximum atomic E-state index is 12.3. The number of primary amides is 1. The predicted octanol–water partition coefficient (Wildman–Crippen LogP) is -0.163. The van der Waals surface area contributed by atoms with Gasteiger partial charge in [0.05, 0.1) is 6.10 Å². The molecule has 0 unspecified atom stereocenters. The van der Waals surface area contributed by atoms with Crippen molar-refractivity contribution in [2.45, 2.75) is 18.6 Å². The molecule has 1 heterocycles. The molecule has 2 rings (SSSR count). The zero-order valence-electron chi connectivity index (χ0n) is 11.0. The molecule has 1 aliphatic heterocycles. The van der Waals surface area contributed by atoms with E-state index in [0.717, 1.165) is 4.90 Å². The Labute approximate surface area is 120 Å². The third-order valence-electron chi connectivity index (χ3n) is 3.22. The van der Waals surface area contributed by atoms with Crippen molar-refractivity contribution in [1.29, 1.82) is 0 Å². The second-order valence-electron chi connectivity index (χ2n) is 4.77. The fraction of sp³-hybridized carbons (Fsp3) is 0.308. The predicted molar refractivity (Wildman–Crippen MR) is 72.7 cm³/mol. The van der Waals surface area contributed by atoms with Gasteiger partial charge in [0.2, 0.25) is 0 Å². The number of carboxylic acid groups (broad SMARTS) is 1. The first kappa shape index (κ1) is 14.8. The molecule has 1 saturated heterocycles. The molecule has 8 nitrogen and oxygen atoms in total. The number of benzene rings is 1. The Kier molecular flexibility index (Phi) is 4.08. The Morgan fingerprint density at radius 3 is 2.38 bits per heavy atom. The lowest BCUT2D eigenvalue weighted by Crippen LogP contribution is -2.40. The highest BCUT2D eigenvalue weighted by Crippen LogP contribution is 2.21. The monoisotopic (exact) mass is 293 g/mol. The van der Waals surface area contributed by atoms with Crippen molar-refractivity contribution < 1.29 is 24.6 Å². The van der Waals surface area contributed by atoms with Crippen molar-refractivity contribution in [2.75, 3.05) is 11.9 Å². The molecule has 1 fully saturated rings. The summed E-state index contributed by atoms with van der Waals surface area (Å²) in [5, 5.41) is 21.0. The Bertz CT molecular complexity index is 572. The number of β-amino-alcohol motifs (C(OH)–C–C–N with tert-alkyl or cyclic N) is 1.